The van der Waals surface area contributed by atoms with E-state index in [0.29, 0.717) is 93.0 Å². The molecule has 0 unspecified atom stereocenters. The normalized spacial score (nSPS) is 12.7. The monoisotopic (exact) mass is 1940 g/mol. The van der Waals surface area contributed by atoms with Gasteiger partial charge in [0.1, 0.15) is 0 Å². The zero-order valence-corrected chi connectivity index (χ0v) is 83.3. The van der Waals surface area contributed by atoms with Gasteiger partial charge in [-0.25, -0.2) is 62.5 Å². The van der Waals surface area contributed by atoms with Gasteiger partial charge in [0.15, 0.2) is 0 Å². The number of sulfonamides is 4. The number of benzene rings is 8. The Morgan fingerprint density at radius 1 is 0.214 bits per heavy atom. The summed E-state index contributed by atoms with van der Waals surface area (Å²) in [4.78, 5) is 34.9. The number of hydrogen-bond donors (Lipinski definition) is 8. The third-order valence-corrected chi connectivity index (χ3v) is 32.3. The Kier molecular flexibility index (Phi) is 30.8. The molecule has 0 atom stereocenters. The fourth-order valence-corrected chi connectivity index (χ4v) is 22.8. The van der Waals surface area contributed by atoms with Crippen molar-refractivity contribution in [3.8, 4) is 89.0 Å². The minimum atomic E-state index is -3.89. The fourth-order valence-electron chi connectivity index (χ4n) is 18.7. The van der Waals surface area contributed by atoms with E-state index in [1.165, 1.54) is 0 Å². The SMILES string of the molecule is C1=Cc2cc1c(-c1ccccc1)c1ccc([nH]1)c(-c1ccccc1)c1nc(c(-c3ccccc3)c3ccc([nH]3)c2-c2ccccc2)C=C1.CCN(CC)CCNS(=O)(=O)c1ccc(-c2c3cc(c(-c4ccc(S(=O)(=O)NCCN(CC)CC)cc4)c4ccc([nH]4)c(-c4ccc(S(=O)(=O)NCCN(CC)CC)cc4)c4nc(c(-c5ccc(S(=O)(=O)NCCN(CC)CC)cc5)c5ccc2[nH]5)C=C4)C=C3)cc1. The molecule has 18 rings (SSSR count). The maximum atomic E-state index is 13.8. The fraction of sp³-hybridized carbons (Fsp3) is 0.211. The van der Waals surface area contributed by atoms with Crippen molar-refractivity contribution in [3.05, 3.63) is 324 Å². The molecule has 6 aromatic heterocycles. The minimum Gasteiger partial charge on any atom is -0.354 e. The maximum Gasteiger partial charge on any atom is 0.240 e. The quantitative estimate of drug-likeness (QED) is 0.0181. The molecular weight excluding hydrogens is 1820 g/mol. The Hall–Kier alpha value is -13.4. The maximum absolute atomic E-state index is 13.8. The smallest absolute Gasteiger partial charge is 0.240 e. The molecule has 2 aliphatic heterocycles. The molecule has 0 saturated carbocycles. The summed E-state index contributed by atoms with van der Waals surface area (Å²) in [6.45, 7) is 25.9. The van der Waals surface area contributed by atoms with Gasteiger partial charge in [0.2, 0.25) is 40.1 Å². The molecule has 14 aromatic rings. The van der Waals surface area contributed by atoms with Crippen molar-refractivity contribution in [3.63, 3.8) is 0 Å². The number of rotatable bonds is 36. The first-order valence-corrected chi connectivity index (χ1v) is 54.0. The van der Waals surface area contributed by atoms with Gasteiger partial charge in [0.25, 0.3) is 0 Å². The van der Waals surface area contributed by atoms with Gasteiger partial charge < -0.3 is 39.5 Å². The molecule has 22 nitrogen and oxygen atoms in total. The van der Waals surface area contributed by atoms with Crippen LogP contribution in [0.25, 0.3) is 182 Å². The number of H-pyrrole nitrogens is 4. The zero-order valence-electron chi connectivity index (χ0n) is 80.1. The number of fused-ring (bicyclic) bond motifs is 16. The van der Waals surface area contributed by atoms with E-state index < -0.39 is 40.1 Å². The molecule has 140 heavy (non-hydrogen) atoms. The second-order valence-electron chi connectivity index (χ2n) is 34.6. The summed E-state index contributed by atoms with van der Waals surface area (Å²) in [5.74, 6) is 0. The number of aromatic amines is 4. The van der Waals surface area contributed by atoms with Crippen molar-refractivity contribution >= 4 is 133 Å². The largest absolute Gasteiger partial charge is 0.354 e. The summed E-state index contributed by atoms with van der Waals surface area (Å²) in [7, 11) is -15.5. The highest BCUT2D eigenvalue weighted by molar-refractivity contribution is 7.90. The van der Waals surface area contributed by atoms with E-state index in [1.807, 2.05) is 104 Å². The highest BCUT2D eigenvalue weighted by Crippen LogP contribution is 2.44. The van der Waals surface area contributed by atoms with Gasteiger partial charge in [0.05, 0.1) is 42.4 Å². The summed E-state index contributed by atoms with van der Waals surface area (Å²) < 4.78 is 121. The molecule has 0 spiro atoms. The number of nitrogens with zero attached hydrogens (tertiary/aromatic N) is 6. The summed E-state index contributed by atoms with van der Waals surface area (Å²) >= 11 is 0. The number of aromatic nitrogens is 6. The Morgan fingerprint density at radius 3 is 0.579 bits per heavy atom. The van der Waals surface area contributed by atoms with Crippen LogP contribution in [0.4, 0.5) is 0 Å². The molecule has 0 fully saturated rings. The summed E-state index contributed by atoms with van der Waals surface area (Å²) in [5, 5.41) is 0. The second kappa shape index (κ2) is 44.0. The molecule has 8 heterocycles. The van der Waals surface area contributed by atoms with Gasteiger partial charge in [-0.2, -0.15) is 0 Å². The Balaban J connectivity index is 0.000000233. The highest BCUT2D eigenvalue weighted by atomic mass is 32.2. The van der Waals surface area contributed by atoms with Gasteiger partial charge >= 0.3 is 0 Å². The molecule has 8 N–H and O–H groups in total. The van der Waals surface area contributed by atoms with Crippen molar-refractivity contribution in [1.82, 2.24) is 68.4 Å². The van der Waals surface area contributed by atoms with E-state index in [-0.39, 0.29) is 45.8 Å². The van der Waals surface area contributed by atoms with E-state index in [0.717, 1.165) is 164 Å². The Labute approximate surface area is 821 Å². The predicted molar refractivity (Wildman–Crippen MR) is 578 cm³/mol. The lowest BCUT2D eigenvalue weighted by molar-refractivity contribution is 0.309. The first-order valence-electron chi connectivity index (χ1n) is 48.1. The minimum absolute atomic E-state index is 0.100. The van der Waals surface area contributed by atoms with Gasteiger partial charge in [-0.1, -0.05) is 250 Å². The van der Waals surface area contributed by atoms with Crippen molar-refractivity contribution in [2.24, 2.45) is 0 Å². The van der Waals surface area contributed by atoms with Gasteiger partial charge in [-0.15, -0.1) is 0 Å². The van der Waals surface area contributed by atoms with Crippen LogP contribution in [0.15, 0.2) is 299 Å². The molecule has 0 saturated heterocycles. The van der Waals surface area contributed by atoms with E-state index >= 15 is 0 Å². The standard InChI is InChI=1S/C69H87N11O8S4.C45H31N3/c1-9-77(10-2)45-41-70-89(81,82)56-27-19-50(20-28-56)66-54-17-18-55(49-54)67(51-21-29-57(30-22-51)90(83,84)71-42-46-78(11-3)12-4)61-36-38-63(75-61)69(53-25-33-59(34-26-53)92(87,88)73-44-48-80(15-7)16-8)65-40-39-64(76-65)68(62-37-35-60(66)74-62)52-23-31-58(32-24-52)91(85,86)72-43-47-79(13-5)14-6;1-5-13-30(14-6-1)42-34-21-22-35(29-34)43(31-15-7-2-8-16-31)37-24-26-39(47-37)45(33-19-11-4-12-20-33)41-28-27-40(48-41)44(32-17-9-3-10-18-32)38-25-23-36(42)46-38/h17-40,49,70-75H,9-16,41-48H2,1-8H3;1-29,46-47H. The molecule has 0 amide bonds. The molecule has 16 bridgehead atoms. The van der Waals surface area contributed by atoms with Crippen molar-refractivity contribution in [2.45, 2.75) is 75.0 Å². The lowest BCUT2D eigenvalue weighted by Gasteiger charge is -2.18. The average Bonchev–Trinajstić information content (AvgIpc) is 1.60. The molecule has 26 heteroatoms. The molecular formula is C114H118N14O8S4. The number of hydrogen-bond acceptors (Lipinski definition) is 14. The number of nitrogens with one attached hydrogen (secondary N) is 8. The predicted octanol–water partition coefficient (Wildman–Crippen LogP) is 22.3. The highest BCUT2D eigenvalue weighted by Gasteiger charge is 2.27. The van der Waals surface area contributed by atoms with Gasteiger partial charge in [0, 0.05) is 141 Å². The van der Waals surface area contributed by atoms with Crippen LogP contribution in [-0.2, 0) is 40.1 Å². The molecule has 0 radical (unpaired) electrons. The summed E-state index contributed by atoms with van der Waals surface area (Å²) in [6, 6.07) is 90.4. The first kappa shape index (κ1) is 98.2. The van der Waals surface area contributed by atoms with Crippen LogP contribution in [0.1, 0.15) is 100 Å². The third kappa shape index (κ3) is 21.9. The van der Waals surface area contributed by atoms with E-state index in [4.69, 9.17) is 9.97 Å². The van der Waals surface area contributed by atoms with Crippen LogP contribution in [0.2, 0.25) is 0 Å². The van der Waals surface area contributed by atoms with Gasteiger partial charge in [-0.05, 0) is 253 Å². The van der Waals surface area contributed by atoms with Crippen molar-refractivity contribution < 1.29 is 33.7 Å². The van der Waals surface area contributed by atoms with Crippen LogP contribution >= 0.6 is 0 Å². The average molecular weight is 1940 g/mol. The van der Waals surface area contributed by atoms with Crippen molar-refractivity contribution in [2.75, 3.05) is 105 Å². The van der Waals surface area contributed by atoms with Crippen LogP contribution in [0.5, 0.6) is 0 Å². The van der Waals surface area contributed by atoms with E-state index in [9.17, 15) is 33.7 Å². The molecule has 2 aliphatic carbocycles. The topological polar surface area (TPSA) is 287 Å². The molecule has 716 valence electrons. The summed E-state index contributed by atoms with van der Waals surface area (Å²) in [6.07, 6.45) is 16.6. The van der Waals surface area contributed by atoms with Crippen molar-refractivity contribution in [1.29, 1.82) is 0 Å². The first-order chi connectivity index (χ1) is 68.0. The van der Waals surface area contributed by atoms with Gasteiger partial charge in [-0.3, -0.25) is 0 Å². The van der Waals surface area contributed by atoms with Crippen LogP contribution in [0, 0.1) is 0 Å². The number of likely N-dealkylation sites (N-methyl/N-ethyl adjacent to an activating group) is 4. The van der Waals surface area contributed by atoms with Crippen LogP contribution in [0.3, 0.4) is 0 Å². The van der Waals surface area contributed by atoms with Crippen LogP contribution < -0.4 is 18.9 Å². The van der Waals surface area contributed by atoms with E-state index in [2.05, 4.69) is 240 Å². The zero-order chi connectivity index (χ0) is 97.7. The second-order valence-corrected chi connectivity index (χ2v) is 41.7. The third-order valence-electron chi connectivity index (χ3n) is 26.4. The molecule has 4 aliphatic rings. The Morgan fingerprint density at radius 2 is 0.386 bits per heavy atom. The lowest BCUT2D eigenvalue weighted by atomic mass is 10.00. The lowest BCUT2D eigenvalue weighted by Crippen LogP contribution is -2.34. The van der Waals surface area contributed by atoms with E-state index in [1.54, 1.807) is 97.1 Å². The summed E-state index contributed by atoms with van der Waals surface area (Å²) in [5.41, 5.74) is 28.1. The molecule has 8 aromatic carbocycles. The Bertz CT molecular complexity index is 6920. The van der Waals surface area contributed by atoms with Crippen LogP contribution in [-0.4, -0.2) is 188 Å².